The molecule has 2 rings (SSSR count). The highest BCUT2D eigenvalue weighted by molar-refractivity contribution is 6.10. The summed E-state index contributed by atoms with van der Waals surface area (Å²) in [5, 5.41) is 0. The molecule has 4 nitrogen and oxygen atoms in total. The van der Waals surface area contributed by atoms with Crippen molar-refractivity contribution in [3.8, 4) is 0 Å². The largest absolute Gasteiger partial charge is 0.468 e. The molecule has 1 heterocycles. The van der Waals surface area contributed by atoms with E-state index < -0.39 is 17.4 Å². The maximum absolute atomic E-state index is 11.9. The Balaban J connectivity index is 2.12. The van der Waals surface area contributed by atoms with E-state index in [1.54, 1.807) is 0 Å². The Morgan fingerprint density at radius 3 is 3.00 bits per heavy atom. The van der Waals surface area contributed by atoms with E-state index in [-0.39, 0.29) is 5.92 Å². The highest BCUT2D eigenvalue weighted by Crippen LogP contribution is 2.63. The molecule has 4 heteroatoms. The lowest BCUT2D eigenvalue weighted by atomic mass is 10.0. The average molecular weight is 252 g/mol. The van der Waals surface area contributed by atoms with Crippen molar-refractivity contribution in [3.63, 3.8) is 0 Å². The van der Waals surface area contributed by atoms with Crippen LogP contribution in [0.15, 0.2) is 11.6 Å². The zero-order valence-corrected chi connectivity index (χ0v) is 11.0. The molecule has 0 aromatic heterocycles. The lowest BCUT2D eigenvalue weighted by Crippen LogP contribution is -2.34. The first-order valence-corrected chi connectivity index (χ1v) is 6.65. The van der Waals surface area contributed by atoms with Gasteiger partial charge in [0.15, 0.2) is 5.41 Å². The van der Waals surface area contributed by atoms with Crippen molar-refractivity contribution >= 4 is 11.9 Å². The molecule has 1 aliphatic heterocycles. The van der Waals surface area contributed by atoms with Crippen LogP contribution in [0.3, 0.4) is 0 Å². The van der Waals surface area contributed by atoms with Gasteiger partial charge in [-0.25, -0.2) is 0 Å². The second-order valence-corrected chi connectivity index (χ2v) is 4.93. The summed E-state index contributed by atoms with van der Waals surface area (Å²) >= 11 is 0. The van der Waals surface area contributed by atoms with Crippen LogP contribution in [-0.2, 0) is 19.1 Å². The third-order valence-electron chi connectivity index (χ3n) is 3.91. The van der Waals surface area contributed by atoms with E-state index in [2.05, 4.69) is 6.92 Å². The molecule has 0 spiro atoms. The van der Waals surface area contributed by atoms with E-state index in [0.717, 1.165) is 31.3 Å². The zero-order valence-electron chi connectivity index (χ0n) is 11.0. The molecule has 2 atom stereocenters. The van der Waals surface area contributed by atoms with Crippen LogP contribution < -0.4 is 0 Å². The molecule has 0 N–H and O–H groups in total. The van der Waals surface area contributed by atoms with Crippen molar-refractivity contribution in [2.75, 3.05) is 13.7 Å². The van der Waals surface area contributed by atoms with Crippen LogP contribution in [0.1, 0.15) is 39.0 Å². The Hall–Kier alpha value is -1.32. The van der Waals surface area contributed by atoms with E-state index >= 15 is 0 Å². The molecule has 1 saturated heterocycles. The molecule has 1 saturated carbocycles. The molecule has 2 fully saturated rings. The fraction of sp³-hybridized carbons (Fsp3) is 0.714. The highest BCUT2D eigenvalue weighted by atomic mass is 16.6. The maximum Gasteiger partial charge on any atom is 0.328 e. The molecule has 0 bridgehead atoms. The molecule has 18 heavy (non-hydrogen) atoms. The SMILES string of the molecule is CCCCC/C=C1\[C@@H]2CCOC(=O)[C@]12C(=O)OC. The molecule has 2 aliphatic rings. The lowest BCUT2D eigenvalue weighted by Gasteiger charge is -2.17. The number of hydrogen-bond acceptors (Lipinski definition) is 4. The number of carbonyl (C=O) groups excluding carboxylic acids is 2. The fourth-order valence-electron chi connectivity index (χ4n) is 2.89. The minimum atomic E-state index is -1.08. The van der Waals surface area contributed by atoms with Crippen molar-refractivity contribution in [2.45, 2.75) is 39.0 Å². The van der Waals surface area contributed by atoms with E-state index in [1.807, 2.05) is 6.08 Å². The smallest absolute Gasteiger partial charge is 0.328 e. The van der Waals surface area contributed by atoms with E-state index in [9.17, 15) is 9.59 Å². The van der Waals surface area contributed by atoms with Crippen LogP contribution in [0.25, 0.3) is 0 Å². The minimum Gasteiger partial charge on any atom is -0.468 e. The third kappa shape index (κ3) is 1.84. The van der Waals surface area contributed by atoms with E-state index in [0.29, 0.717) is 6.61 Å². The van der Waals surface area contributed by atoms with Gasteiger partial charge in [0, 0.05) is 5.92 Å². The van der Waals surface area contributed by atoms with Crippen LogP contribution >= 0.6 is 0 Å². The summed E-state index contributed by atoms with van der Waals surface area (Å²) in [5.74, 6) is -0.862. The number of fused-ring (bicyclic) bond motifs is 1. The predicted octanol–water partition coefficient (Wildman–Crippen LogP) is 2.23. The summed E-state index contributed by atoms with van der Waals surface area (Å²) < 4.78 is 9.82. The molecule has 100 valence electrons. The number of carbonyl (C=O) groups is 2. The summed E-state index contributed by atoms with van der Waals surface area (Å²) in [7, 11) is 1.32. The molecule has 0 unspecified atom stereocenters. The lowest BCUT2D eigenvalue weighted by molar-refractivity contribution is -0.166. The summed E-state index contributed by atoms with van der Waals surface area (Å²) in [5.41, 5.74) is -0.160. The number of esters is 2. The van der Waals surface area contributed by atoms with Gasteiger partial charge in [-0.3, -0.25) is 9.59 Å². The van der Waals surface area contributed by atoms with Crippen LogP contribution in [0.4, 0.5) is 0 Å². The number of cyclic esters (lactones) is 1. The van der Waals surface area contributed by atoms with Gasteiger partial charge < -0.3 is 9.47 Å². The van der Waals surface area contributed by atoms with Gasteiger partial charge in [0.2, 0.25) is 0 Å². The van der Waals surface area contributed by atoms with Crippen molar-refractivity contribution in [1.29, 1.82) is 0 Å². The fourth-order valence-corrected chi connectivity index (χ4v) is 2.89. The Bertz CT molecular complexity index is 375. The standard InChI is InChI=1S/C14H20O4/c1-3-4-5-6-7-10-11-8-9-18-13(16)14(10,11)12(15)17-2/h7,11H,3-6,8-9H2,1-2H3/b10-7+/t11-,14+/m0/s1. The second kappa shape index (κ2) is 5.12. The van der Waals surface area contributed by atoms with Gasteiger partial charge in [-0.15, -0.1) is 0 Å². The van der Waals surface area contributed by atoms with Crippen molar-refractivity contribution in [3.05, 3.63) is 11.6 Å². The molecule has 0 aromatic carbocycles. The summed E-state index contributed by atoms with van der Waals surface area (Å²) in [6, 6.07) is 0. The Kier molecular flexibility index (Phi) is 3.73. The van der Waals surface area contributed by atoms with Gasteiger partial charge >= 0.3 is 11.9 Å². The van der Waals surface area contributed by atoms with Gasteiger partial charge in [-0.1, -0.05) is 25.8 Å². The van der Waals surface area contributed by atoms with Gasteiger partial charge in [-0.05, 0) is 24.8 Å². The maximum atomic E-state index is 11.9. The van der Waals surface area contributed by atoms with Crippen molar-refractivity contribution in [1.82, 2.24) is 0 Å². The molecule has 0 radical (unpaired) electrons. The Morgan fingerprint density at radius 2 is 2.33 bits per heavy atom. The van der Waals surface area contributed by atoms with Crippen LogP contribution in [0.2, 0.25) is 0 Å². The molecule has 0 aromatic rings. The van der Waals surface area contributed by atoms with Crippen LogP contribution in [-0.4, -0.2) is 25.7 Å². The van der Waals surface area contributed by atoms with E-state index in [1.165, 1.54) is 13.5 Å². The van der Waals surface area contributed by atoms with Crippen LogP contribution in [0, 0.1) is 11.3 Å². The zero-order chi connectivity index (χ0) is 13.2. The van der Waals surface area contributed by atoms with Crippen molar-refractivity contribution in [2.24, 2.45) is 11.3 Å². The monoisotopic (exact) mass is 252 g/mol. The second-order valence-electron chi connectivity index (χ2n) is 4.93. The van der Waals surface area contributed by atoms with E-state index in [4.69, 9.17) is 9.47 Å². The summed E-state index contributed by atoms with van der Waals surface area (Å²) in [6.07, 6.45) is 7.13. The van der Waals surface area contributed by atoms with Gasteiger partial charge in [-0.2, -0.15) is 0 Å². The number of ether oxygens (including phenoxy) is 2. The topological polar surface area (TPSA) is 52.6 Å². The quantitative estimate of drug-likeness (QED) is 0.326. The predicted molar refractivity (Wildman–Crippen MR) is 65.7 cm³/mol. The first-order valence-electron chi connectivity index (χ1n) is 6.65. The highest BCUT2D eigenvalue weighted by Gasteiger charge is 2.73. The molecule has 1 aliphatic carbocycles. The Morgan fingerprint density at radius 1 is 1.56 bits per heavy atom. The van der Waals surface area contributed by atoms with Crippen LogP contribution in [0.5, 0.6) is 0 Å². The number of unbranched alkanes of at least 4 members (excludes halogenated alkanes) is 3. The number of allylic oxidation sites excluding steroid dienone is 1. The molecular formula is C14H20O4. The van der Waals surface area contributed by atoms with Gasteiger partial charge in [0.05, 0.1) is 13.7 Å². The van der Waals surface area contributed by atoms with Gasteiger partial charge in [0.25, 0.3) is 0 Å². The first kappa shape index (κ1) is 13.1. The van der Waals surface area contributed by atoms with Crippen molar-refractivity contribution < 1.29 is 19.1 Å². The summed E-state index contributed by atoms with van der Waals surface area (Å²) in [4.78, 5) is 23.8. The molecule has 0 amide bonds. The van der Waals surface area contributed by atoms with Gasteiger partial charge in [0.1, 0.15) is 0 Å². The number of rotatable bonds is 5. The first-order chi connectivity index (χ1) is 8.69. The third-order valence-corrected chi connectivity index (χ3v) is 3.91. The summed E-state index contributed by atoms with van der Waals surface area (Å²) in [6.45, 7) is 2.56. The molecular weight excluding hydrogens is 232 g/mol. The number of hydrogen-bond donors (Lipinski definition) is 0. The normalized spacial score (nSPS) is 31.8. The Labute approximate surface area is 107 Å². The minimum absolute atomic E-state index is 0.0211. The average Bonchev–Trinajstić information content (AvgIpc) is 3.04. The number of methoxy groups -OCH3 is 1.